The van der Waals surface area contributed by atoms with Crippen LogP contribution in [0, 0.1) is 0 Å². The van der Waals surface area contributed by atoms with E-state index >= 15 is 0 Å². The Kier molecular flexibility index (Phi) is 4.77. The second-order valence-corrected chi connectivity index (χ2v) is 8.78. The van der Waals surface area contributed by atoms with Crippen LogP contribution >= 0.6 is 0 Å². The summed E-state index contributed by atoms with van der Waals surface area (Å²) in [5, 5.41) is 9.82. The van der Waals surface area contributed by atoms with E-state index in [4.69, 9.17) is 5.10 Å². The first-order valence-electron chi connectivity index (χ1n) is 11.5. The third-order valence-corrected chi connectivity index (χ3v) is 6.93. The molecule has 3 nitrogen and oxygen atoms in total. The molecule has 1 aliphatic heterocycles. The number of rotatable bonds is 3. The first kappa shape index (κ1) is 19.3. The third-order valence-electron chi connectivity index (χ3n) is 6.93. The van der Waals surface area contributed by atoms with Crippen LogP contribution in [0.2, 0.25) is 0 Å². The molecule has 0 N–H and O–H groups in total. The first-order valence-corrected chi connectivity index (χ1v) is 11.5. The Morgan fingerprint density at radius 1 is 0.688 bits per heavy atom. The molecule has 32 heavy (non-hydrogen) atoms. The van der Waals surface area contributed by atoms with Crippen LogP contribution in [0.15, 0.2) is 96.1 Å². The van der Waals surface area contributed by atoms with Gasteiger partial charge in [0.25, 0.3) is 0 Å². The molecule has 0 radical (unpaired) electrons. The van der Waals surface area contributed by atoms with E-state index in [1.165, 1.54) is 38.6 Å². The average molecular weight is 418 g/mol. The van der Waals surface area contributed by atoms with Gasteiger partial charge in [0.2, 0.25) is 0 Å². The van der Waals surface area contributed by atoms with Gasteiger partial charge in [-0.15, -0.1) is 0 Å². The molecule has 158 valence electrons. The van der Waals surface area contributed by atoms with Crippen molar-refractivity contribution in [2.45, 2.75) is 13.0 Å². The second kappa shape index (κ2) is 7.92. The van der Waals surface area contributed by atoms with Gasteiger partial charge in [0, 0.05) is 31.7 Å². The quantitative estimate of drug-likeness (QED) is 0.384. The van der Waals surface area contributed by atoms with E-state index < -0.39 is 0 Å². The summed E-state index contributed by atoms with van der Waals surface area (Å²) < 4.78 is 0. The summed E-state index contributed by atoms with van der Waals surface area (Å²) in [7, 11) is 0. The molecule has 3 heteroatoms. The van der Waals surface area contributed by atoms with Crippen molar-refractivity contribution >= 4 is 16.5 Å². The first-order chi connectivity index (χ1) is 15.8. The minimum atomic E-state index is 0.354. The van der Waals surface area contributed by atoms with Crippen LogP contribution in [0.25, 0.3) is 21.9 Å². The number of benzene rings is 4. The molecule has 0 spiro atoms. The molecule has 0 atom stereocenters. The predicted octanol–water partition coefficient (Wildman–Crippen LogP) is 5.95. The molecule has 4 aromatic rings. The van der Waals surface area contributed by atoms with Gasteiger partial charge < -0.3 is 0 Å². The Bertz CT molecular complexity index is 1260. The predicted molar refractivity (Wildman–Crippen MR) is 133 cm³/mol. The molecule has 1 fully saturated rings. The summed E-state index contributed by atoms with van der Waals surface area (Å²) in [6.45, 7) is 6.06. The molecule has 2 aliphatic rings. The number of fused-ring (bicyclic) bond motifs is 4. The number of nitrogens with zero attached hydrogens (tertiary/aromatic N) is 3. The molecular formula is C29H27N3. The molecular weight excluding hydrogens is 390 g/mol. The SMILES string of the molecule is CC(=NN1CCN(C2c3ccccc3-c3ccccc32)CC1)c1cccc2ccccc12. The average Bonchev–Trinajstić information content (AvgIpc) is 3.19. The van der Waals surface area contributed by atoms with Crippen LogP contribution < -0.4 is 0 Å². The summed E-state index contributed by atoms with van der Waals surface area (Å²) in [4.78, 5) is 2.63. The molecule has 0 unspecified atom stereocenters. The maximum absolute atomic E-state index is 5.03. The maximum Gasteiger partial charge on any atom is 0.0652 e. The lowest BCUT2D eigenvalue weighted by Gasteiger charge is -2.37. The van der Waals surface area contributed by atoms with Crippen molar-refractivity contribution in [2.75, 3.05) is 26.2 Å². The van der Waals surface area contributed by atoms with Crippen molar-refractivity contribution in [1.82, 2.24) is 9.91 Å². The van der Waals surface area contributed by atoms with Crippen LogP contribution in [-0.4, -0.2) is 41.8 Å². The van der Waals surface area contributed by atoms with Gasteiger partial charge >= 0.3 is 0 Å². The number of hydrogen-bond donors (Lipinski definition) is 0. The third kappa shape index (κ3) is 3.21. The minimum absolute atomic E-state index is 0.354. The number of piperazine rings is 1. The van der Waals surface area contributed by atoms with Gasteiger partial charge in [-0.1, -0.05) is 91.0 Å². The maximum atomic E-state index is 5.03. The molecule has 0 aromatic heterocycles. The largest absolute Gasteiger partial charge is 0.294 e. The number of hydrogen-bond acceptors (Lipinski definition) is 3. The van der Waals surface area contributed by atoms with E-state index in [9.17, 15) is 0 Å². The standard InChI is InChI=1S/C29H27N3/c1-21(23-16-8-10-22-9-2-3-11-24(22)23)30-32-19-17-31(18-20-32)29-27-14-6-4-12-25(27)26-13-5-7-15-28(26)29/h2-16,29H,17-20H2,1H3. The van der Waals surface area contributed by atoms with Crippen LogP contribution in [0.5, 0.6) is 0 Å². The Morgan fingerprint density at radius 2 is 1.28 bits per heavy atom. The molecule has 0 saturated carbocycles. The van der Waals surface area contributed by atoms with Gasteiger partial charge in [-0.05, 0) is 39.9 Å². The highest BCUT2D eigenvalue weighted by atomic mass is 15.5. The fraction of sp³-hybridized carbons (Fsp3) is 0.207. The van der Waals surface area contributed by atoms with Crippen LogP contribution in [-0.2, 0) is 0 Å². The molecule has 1 heterocycles. The van der Waals surface area contributed by atoms with E-state index in [0.717, 1.165) is 31.9 Å². The molecule has 1 saturated heterocycles. The van der Waals surface area contributed by atoms with Crippen molar-refractivity contribution in [1.29, 1.82) is 0 Å². The van der Waals surface area contributed by atoms with Gasteiger partial charge in [0.15, 0.2) is 0 Å². The van der Waals surface area contributed by atoms with E-state index in [1.54, 1.807) is 0 Å². The summed E-state index contributed by atoms with van der Waals surface area (Å²) in [6, 6.07) is 33.2. The topological polar surface area (TPSA) is 18.8 Å². The summed E-state index contributed by atoms with van der Waals surface area (Å²) in [5.41, 5.74) is 7.98. The van der Waals surface area contributed by atoms with E-state index in [0.29, 0.717) is 6.04 Å². The van der Waals surface area contributed by atoms with Gasteiger partial charge in [-0.3, -0.25) is 9.91 Å². The van der Waals surface area contributed by atoms with Gasteiger partial charge in [-0.2, -0.15) is 5.10 Å². The fourth-order valence-corrected chi connectivity index (χ4v) is 5.40. The Morgan fingerprint density at radius 3 is 2.00 bits per heavy atom. The minimum Gasteiger partial charge on any atom is -0.294 e. The second-order valence-electron chi connectivity index (χ2n) is 8.78. The van der Waals surface area contributed by atoms with Crippen LogP contribution in [0.1, 0.15) is 29.7 Å². The van der Waals surface area contributed by atoms with Crippen molar-refractivity contribution in [2.24, 2.45) is 5.10 Å². The highest BCUT2D eigenvalue weighted by molar-refractivity contribution is 6.09. The van der Waals surface area contributed by atoms with Crippen molar-refractivity contribution in [3.05, 3.63) is 108 Å². The Balaban J connectivity index is 1.23. The van der Waals surface area contributed by atoms with Gasteiger partial charge in [0.1, 0.15) is 0 Å². The van der Waals surface area contributed by atoms with Crippen molar-refractivity contribution < 1.29 is 0 Å². The highest BCUT2D eigenvalue weighted by Gasteiger charge is 2.34. The number of hydrazone groups is 1. The zero-order valence-electron chi connectivity index (χ0n) is 18.4. The summed E-state index contributed by atoms with van der Waals surface area (Å²) in [5.74, 6) is 0. The summed E-state index contributed by atoms with van der Waals surface area (Å²) >= 11 is 0. The van der Waals surface area contributed by atoms with Crippen LogP contribution in [0.4, 0.5) is 0 Å². The van der Waals surface area contributed by atoms with E-state index in [-0.39, 0.29) is 0 Å². The lowest BCUT2D eigenvalue weighted by Crippen LogP contribution is -2.45. The Hall–Kier alpha value is -3.43. The van der Waals surface area contributed by atoms with Gasteiger partial charge in [-0.25, -0.2) is 0 Å². The zero-order chi connectivity index (χ0) is 21.5. The van der Waals surface area contributed by atoms with E-state index in [1.807, 2.05) is 0 Å². The normalized spacial score (nSPS) is 16.9. The lowest BCUT2D eigenvalue weighted by atomic mass is 10.0. The molecule has 4 aromatic carbocycles. The highest BCUT2D eigenvalue weighted by Crippen LogP contribution is 2.46. The van der Waals surface area contributed by atoms with E-state index in [2.05, 4.69) is 108 Å². The van der Waals surface area contributed by atoms with Crippen molar-refractivity contribution in [3.8, 4) is 11.1 Å². The lowest BCUT2D eigenvalue weighted by molar-refractivity contribution is 0.114. The van der Waals surface area contributed by atoms with Crippen molar-refractivity contribution in [3.63, 3.8) is 0 Å². The van der Waals surface area contributed by atoms with Gasteiger partial charge in [0.05, 0.1) is 11.8 Å². The molecule has 6 rings (SSSR count). The fourth-order valence-electron chi connectivity index (χ4n) is 5.40. The zero-order valence-corrected chi connectivity index (χ0v) is 18.4. The summed E-state index contributed by atoms with van der Waals surface area (Å²) in [6.07, 6.45) is 0. The monoisotopic (exact) mass is 417 g/mol. The Labute approximate surface area is 189 Å². The van der Waals surface area contributed by atoms with Crippen LogP contribution in [0.3, 0.4) is 0 Å². The smallest absolute Gasteiger partial charge is 0.0652 e. The molecule has 1 aliphatic carbocycles. The molecule has 0 amide bonds. The molecule has 0 bridgehead atoms.